The van der Waals surface area contributed by atoms with Gasteiger partial charge in [-0.05, 0) is 38.5 Å². The van der Waals surface area contributed by atoms with Gasteiger partial charge >= 0.3 is 11.8 Å². The monoisotopic (exact) mass is 519 g/mol. The summed E-state index contributed by atoms with van der Waals surface area (Å²) in [5.74, 6) is -1.24. The average Bonchev–Trinajstić information content (AvgIpc) is 3.04. The molecule has 10 nitrogen and oxygen atoms in total. The van der Waals surface area contributed by atoms with Gasteiger partial charge in [0.2, 0.25) is 0 Å². The predicted molar refractivity (Wildman–Crippen MR) is 130 cm³/mol. The molecule has 1 aliphatic rings. The fourth-order valence-corrected chi connectivity index (χ4v) is 4.33. The van der Waals surface area contributed by atoms with Gasteiger partial charge in [0, 0.05) is 45.0 Å². The van der Waals surface area contributed by atoms with Gasteiger partial charge < -0.3 is 14.4 Å². The van der Waals surface area contributed by atoms with Crippen LogP contribution >= 0.6 is 11.6 Å². The van der Waals surface area contributed by atoms with Crippen LogP contribution < -0.4 is 11.2 Å². The lowest BCUT2D eigenvalue weighted by molar-refractivity contribution is 0.0231. The molecule has 12 heteroatoms. The van der Waals surface area contributed by atoms with Crippen LogP contribution in [0.15, 0.2) is 40.2 Å². The number of carbonyl (C=O) groups excluding carboxylic acids is 1. The molecule has 2 aromatic heterocycles. The second-order valence-corrected chi connectivity index (χ2v) is 10.0. The minimum atomic E-state index is -0.738. The van der Waals surface area contributed by atoms with E-state index in [1.165, 1.54) is 41.0 Å². The van der Waals surface area contributed by atoms with Crippen molar-refractivity contribution in [2.24, 2.45) is 13.0 Å². The summed E-state index contributed by atoms with van der Waals surface area (Å²) in [6.07, 6.45) is 1.48. The normalized spacial score (nSPS) is 18.8. The van der Waals surface area contributed by atoms with Gasteiger partial charge in [0.1, 0.15) is 11.4 Å². The van der Waals surface area contributed by atoms with E-state index in [0.717, 1.165) is 4.57 Å². The number of benzene rings is 1. The molecule has 0 spiro atoms. The molecule has 0 saturated carbocycles. The van der Waals surface area contributed by atoms with Crippen LogP contribution in [0, 0.1) is 11.7 Å². The maximum atomic E-state index is 14.3. The van der Waals surface area contributed by atoms with Gasteiger partial charge in [-0.2, -0.15) is 0 Å². The fourth-order valence-electron chi connectivity index (χ4n) is 4.21. The molecule has 0 radical (unpaired) electrons. The van der Waals surface area contributed by atoms with Gasteiger partial charge in [0.25, 0.3) is 5.56 Å². The van der Waals surface area contributed by atoms with E-state index < -0.39 is 40.8 Å². The second-order valence-electron chi connectivity index (χ2n) is 9.64. The molecule has 3 heterocycles. The molecule has 0 unspecified atom stereocenters. The molecule has 4 rings (SSSR count). The zero-order valence-corrected chi connectivity index (χ0v) is 21.2. The number of rotatable bonds is 3. The maximum Gasteiger partial charge on any atom is 0.410 e. The van der Waals surface area contributed by atoms with Crippen LogP contribution in [0.3, 0.4) is 0 Å². The van der Waals surface area contributed by atoms with E-state index in [1.807, 2.05) is 0 Å². The highest BCUT2D eigenvalue weighted by Gasteiger charge is 2.34. The lowest BCUT2D eigenvalue weighted by Crippen LogP contribution is -2.45. The molecule has 1 amide bonds. The Bertz CT molecular complexity index is 1420. The Morgan fingerprint density at radius 1 is 1.25 bits per heavy atom. The van der Waals surface area contributed by atoms with Gasteiger partial charge in [-0.15, -0.1) is 0 Å². The van der Waals surface area contributed by atoms with Crippen molar-refractivity contribution in [1.82, 2.24) is 24.0 Å². The van der Waals surface area contributed by atoms with E-state index in [2.05, 4.69) is 9.97 Å². The summed E-state index contributed by atoms with van der Waals surface area (Å²) in [6.45, 7) is 5.61. The first-order valence-corrected chi connectivity index (χ1v) is 11.8. The molecule has 0 bridgehead atoms. The standard InChI is InChI=1S/C24H27ClFN5O5/c1-24(2,3)36-23(34)30-9-10-35-19(14-5-6-16(25)17(26)11-14)15(12-30)13-31-21(32)18-20(28-8-7-27-18)29(4)22(31)33/h5-8,11,15,19H,9-10,12-13H2,1-4H3/t15-,19-/m0/s1. The third-order valence-corrected chi connectivity index (χ3v) is 6.15. The van der Waals surface area contributed by atoms with E-state index in [1.54, 1.807) is 26.8 Å². The topological polar surface area (TPSA) is 109 Å². The Balaban J connectivity index is 1.78. The molecule has 2 atom stereocenters. The van der Waals surface area contributed by atoms with Crippen LogP contribution in [0.1, 0.15) is 32.4 Å². The molecular weight excluding hydrogens is 493 g/mol. The lowest BCUT2D eigenvalue weighted by Gasteiger charge is -2.30. The molecule has 1 aliphatic heterocycles. The summed E-state index contributed by atoms with van der Waals surface area (Å²) in [5.41, 5.74) is -1.27. The van der Waals surface area contributed by atoms with E-state index in [0.29, 0.717) is 5.56 Å². The smallest absolute Gasteiger partial charge is 0.410 e. The van der Waals surface area contributed by atoms with Crippen molar-refractivity contribution in [3.05, 3.63) is 67.8 Å². The first-order chi connectivity index (χ1) is 17.0. The molecule has 1 aromatic carbocycles. The zero-order valence-electron chi connectivity index (χ0n) is 20.4. The predicted octanol–water partition coefficient (Wildman–Crippen LogP) is 2.91. The highest BCUT2D eigenvalue weighted by Crippen LogP contribution is 2.32. The van der Waals surface area contributed by atoms with Gasteiger partial charge in [-0.25, -0.2) is 23.9 Å². The van der Waals surface area contributed by atoms with Crippen molar-refractivity contribution >= 4 is 28.9 Å². The SMILES string of the molecule is Cn1c(=O)n(C[C@@H]2CN(C(=O)OC(C)(C)C)CCO[C@H]2c2ccc(Cl)c(F)c2)c(=O)c2nccnc21. The number of carbonyl (C=O) groups is 1. The third-order valence-electron chi connectivity index (χ3n) is 5.84. The van der Waals surface area contributed by atoms with Gasteiger partial charge in [-0.1, -0.05) is 17.7 Å². The number of ether oxygens (including phenoxy) is 2. The Labute approximate surface area is 211 Å². The van der Waals surface area contributed by atoms with Crippen LogP contribution in [0.2, 0.25) is 5.02 Å². The number of amides is 1. The minimum absolute atomic E-state index is 0.0345. The summed E-state index contributed by atoms with van der Waals surface area (Å²) >= 11 is 5.87. The van der Waals surface area contributed by atoms with E-state index >= 15 is 0 Å². The van der Waals surface area contributed by atoms with Crippen molar-refractivity contribution < 1.29 is 18.7 Å². The van der Waals surface area contributed by atoms with Crippen molar-refractivity contribution in [3.8, 4) is 0 Å². The second kappa shape index (κ2) is 9.98. The quantitative estimate of drug-likeness (QED) is 0.523. The number of aryl methyl sites for hydroxylation is 1. The van der Waals surface area contributed by atoms with Crippen molar-refractivity contribution in [3.63, 3.8) is 0 Å². The first-order valence-electron chi connectivity index (χ1n) is 11.4. The molecule has 0 N–H and O–H groups in total. The number of nitrogens with zero attached hydrogens (tertiary/aromatic N) is 5. The highest BCUT2D eigenvalue weighted by molar-refractivity contribution is 6.30. The average molecular weight is 520 g/mol. The van der Waals surface area contributed by atoms with Crippen LogP contribution in [-0.4, -0.2) is 55.4 Å². The number of fused-ring (bicyclic) bond motifs is 1. The lowest BCUT2D eigenvalue weighted by atomic mass is 9.94. The summed E-state index contributed by atoms with van der Waals surface area (Å²) in [7, 11) is 1.50. The van der Waals surface area contributed by atoms with Gasteiger partial charge in [0.05, 0.1) is 17.7 Å². The zero-order chi connectivity index (χ0) is 26.2. The molecule has 3 aromatic rings. The van der Waals surface area contributed by atoms with Gasteiger partial charge in [-0.3, -0.25) is 13.9 Å². The minimum Gasteiger partial charge on any atom is -0.444 e. The van der Waals surface area contributed by atoms with Gasteiger partial charge in [0.15, 0.2) is 11.2 Å². The number of halogens is 2. The number of hydrogen-bond acceptors (Lipinski definition) is 7. The first kappa shape index (κ1) is 25.8. The molecule has 1 saturated heterocycles. The fraction of sp³-hybridized carbons (Fsp3) is 0.458. The Morgan fingerprint density at radius 2 is 1.97 bits per heavy atom. The highest BCUT2D eigenvalue weighted by atomic mass is 35.5. The Hall–Kier alpha value is -3.31. The summed E-state index contributed by atoms with van der Waals surface area (Å²) < 4.78 is 28.2. The molecule has 192 valence electrons. The number of aromatic nitrogens is 4. The molecule has 1 fully saturated rings. The van der Waals surface area contributed by atoms with E-state index in [9.17, 15) is 18.8 Å². The van der Waals surface area contributed by atoms with E-state index in [-0.39, 0.29) is 42.4 Å². The van der Waals surface area contributed by atoms with Crippen molar-refractivity contribution in [2.75, 3.05) is 19.7 Å². The number of hydrogen-bond donors (Lipinski definition) is 0. The van der Waals surface area contributed by atoms with Crippen LogP contribution in [-0.2, 0) is 23.1 Å². The summed E-state index contributed by atoms with van der Waals surface area (Å²) in [4.78, 5) is 48.9. The van der Waals surface area contributed by atoms with Crippen LogP contribution in [0.25, 0.3) is 11.2 Å². The van der Waals surface area contributed by atoms with Crippen molar-refractivity contribution in [2.45, 2.75) is 39.0 Å². The molecular formula is C24H27ClFN5O5. The Kier molecular flexibility index (Phi) is 7.14. The van der Waals surface area contributed by atoms with Crippen LogP contribution in [0.5, 0.6) is 0 Å². The van der Waals surface area contributed by atoms with Crippen molar-refractivity contribution in [1.29, 1.82) is 0 Å². The molecule has 0 aliphatic carbocycles. The Morgan fingerprint density at radius 3 is 2.67 bits per heavy atom. The third kappa shape index (κ3) is 5.26. The maximum absolute atomic E-state index is 14.3. The molecule has 36 heavy (non-hydrogen) atoms. The summed E-state index contributed by atoms with van der Waals surface area (Å²) in [5, 5.41) is -0.0440. The summed E-state index contributed by atoms with van der Waals surface area (Å²) in [6, 6.07) is 4.30. The van der Waals surface area contributed by atoms with Crippen LogP contribution in [0.4, 0.5) is 9.18 Å². The largest absolute Gasteiger partial charge is 0.444 e. The van der Waals surface area contributed by atoms with E-state index in [4.69, 9.17) is 21.1 Å².